The van der Waals surface area contributed by atoms with E-state index in [-0.39, 0.29) is 5.91 Å². The van der Waals surface area contributed by atoms with Crippen molar-refractivity contribution in [3.05, 3.63) is 20.8 Å². The average Bonchev–Trinajstić information content (AvgIpc) is 2.89. The fourth-order valence-corrected chi connectivity index (χ4v) is 3.04. The van der Waals surface area contributed by atoms with Crippen molar-refractivity contribution in [2.75, 3.05) is 13.2 Å². The highest BCUT2D eigenvalue weighted by Gasteiger charge is 2.15. The Balaban J connectivity index is 1.71. The van der Waals surface area contributed by atoms with Crippen LogP contribution in [0.15, 0.2) is 15.9 Å². The Hall–Kier alpha value is -0.390. The van der Waals surface area contributed by atoms with E-state index in [9.17, 15) is 4.79 Å². The van der Waals surface area contributed by atoms with Crippen LogP contribution in [0.1, 0.15) is 28.9 Å². The number of hydrogen-bond donors (Lipinski definition) is 1. The summed E-state index contributed by atoms with van der Waals surface area (Å²) in [5, 5.41) is 2.91. The molecule has 1 aliphatic heterocycles. The summed E-state index contributed by atoms with van der Waals surface area (Å²) in [6, 6.07) is 3.72. The Kier molecular flexibility index (Phi) is 4.37. The van der Waals surface area contributed by atoms with Crippen molar-refractivity contribution in [3.8, 4) is 0 Å². The van der Waals surface area contributed by atoms with Crippen molar-refractivity contribution in [1.29, 1.82) is 0 Å². The molecule has 1 aliphatic rings. The molecule has 0 radical (unpaired) electrons. The minimum absolute atomic E-state index is 0.00805. The lowest BCUT2D eigenvalue weighted by Crippen LogP contribution is -2.26. The number of hydrogen-bond acceptors (Lipinski definition) is 3. The van der Waals surface area contributed by atoms with Gasteiger partial charge < -0.3 is 10.1 Å². The molecule has 0 spiro atoms. The number of amides is 1. The third-order valence-electron chi connectivity index (χ3n) is 2.57. The van der Waals surface area contributed by atoms with Gasteiger partial charge >= 0.3 is 0 Å². The van der Waals surface area contributed by atoms with Gasteiger partial charge in [-0.3, -0.25) is 4.79 Å². The topological polar surface area (TPSA) is 38.3 Å². The number of halogens is 1. The van der Waals surface area contributed by atoms with E-state index < -0.39 is 0 Å². The number of carbonyl (C=O) groups excluding carboxylic acids is 1. The van der Waals surface area contributed by atoms with Gasteiger partial charge in [-0.05, 0) is 47.3 Å². The van der Waals surface area contributed by atoms with E-state index in [2.05, 4.69) is 21.2 Å². The summed E-state index contributed by atoms with van der Waals surface area (Å²) < 4.78 is 6.47. The third kappa shape index (κ3) is 3.30. The fraction of sp³-hybridized carbons (Fsp3) is 0.545. The Morgan fingerprint density at radius 1 is 1.62 bits per heavy atom. The zero-order chi connectivity index (χ0) is 11.4. The molecule has 88 valence electrons. The van der Waals surface area contributed by atoms with Crippen LogP contribution in [0.2, 0.25) is 0 Å². The quantitative estimate of drug-likeness (QED) is 0.929. The summed E-state index contributed by atoms with van der Waals surface area (Å²) in [5.41, 5.74) is 0. The van der Waals surface area contributed by atoms with Gasteiger partial charge in [-0.2, -0.15) is 0 Å². The number of nitrogens with one attached hydrogen (secondary N) is 1. The highest BCUT2D eigenvalue weighted by atomic mass is 79.9. The van der Waals surface area contributed by atoms with Gasteiger partial charge in [0.1, 0.15) is 0 Å². The Morgan fingerprint density at radius 3 is 3.12 bits per heavy atom. The molecule has 1 N–H and O–H groups in total. The molecule has 0 saturated carbocycles. The number of thiophene rings is 1. The van der Waals surface area contributed by atoms with Crippen LogP contribution in [0, 0.1) is 0 Å². The monoisotopic (exact) mass is 303 g/mol. The van der Waals surface area contributed by atoms with E-state index in [1.807, 2.05) is 12.1 Å². The third-order valence-corrected chi connectivity index (χ3v) is 4.20. The zero-order valence-corrected chi connectivity index (χ0v) is 11.3. The van der Waals surface area contributed by atoms with Crippen molar-refractivity contribution in [2.24, 2.45) is 0 Å². The molecule has 2 rings (SSSR count). The lowest BCUT2D eigenvalue weighted by Gasteiger charge is -2.09. The predicted molar refractivity (Wildman–Crippen MR) is 67.9 cm³/mol. The maximum Gasteiger partial charge on any atom is 0.261 e. The molecule has 1 aromatic rings. The SMILES string of the molecule is O=C(NCCC1CCCO1)c1ccc(Br)s1. The molecule has 0 bridgehead atoms. The number of rotatable bonds is 4. The Bertz CT molecular complexity index is 361. The summed E-state index contributed by atoms with van der Waals surface area (Å²) in [6.07, 6.45) is 3.53. The molecule has 1 fully saturated rings. The molecule has 5 heteroatoms. The second kappa shape index (κ2) is 5.80. The smallest absolute Gasteiger partial charge is 0.261 e. The van der Waals surface area contributed by atoms with Crippen LogP contribution < -0.4 is 5.32 Å². The van der Waals surface area contributed by atoms with E-state index >= 15 is 0 Å². The molecule has 16 heavy (non-hydrogen) atoms. The first-order chi connectivity index (χ1) is 7.75. The fourth-order valence-electron chi connectivity index (χ4n) is 1.74. The van der Waals surface area contributed by atoms with Gasteiger partial charge in [-0.1, -0.05) is 0 Å². The van der Waals surface area contributed by atoms with E-state index in [4.69, 9.17) is 4.74 Å². The van der Waals surface area contributed by atoms with E-state index in [1.54, 1.807) is 0 Å². The maximum absolute atomic E-state index is 11.7. The second-order valence-electron chi connectivity index (χ2n) is 3.78. The minimum atomic E-state index is 0.00805. The van der Waals surface area contributed by atoms with Gasteiger partial charge in [0.25, 0.3) is 5.91 Å². The van der Waals surface area contributed by atoms with Gasteiger partial charge in [0, 0.05) is 13.2 Å². The molecule has 1 atom stereocenters. The summed E-state index contributed by atoms with van der Waals surface area (Å²) in [5.74, 6) is 0.00805. The lowest BCUT2D eigenvalue weighted by molar-refractivity contribution is 0.0910. The molecule has 2 heterocycles. The van der Waals surface area contributed by atoms with Gasteiger partial charge in [0.2, 0.25) is 0 Å². The van der Waals surface area contributed by atoms with Crippen LogP contribution in [-0.4, -0.2) is 25.2 Å². The minimum Gasteiger partial charge on any atom is -0.378 e. The standard InChI is InChI=1S/C11H14BrNO2S/c12-10-4-3-9(16-10)11(14)13-6-5-8-2-1-7-15-8/h3-4,8H,1-2,5-7H2,(H,13,14). The van der Waals surface area contributed by atoms with Gasteiger partial charge in [-0.15, -0.1) is 11.3 Å². The molecule has 0 aromatic carbocycles. The molecule has 1 unspecified atom stereocenters. The molecule has 3 nitrogen and oxygen atoms in total. The highest BCUT2D eigenvalue weighted by molar-refractivity contribution is 9.11. The van der Waals surface area contributed by atoms with Crippen LogP contribution in [0.4, 0.5) is 0 Å². The maximum atomic E-state index is 11.7. The van der Waals surface area contributed by atoms with Crippen LogP contribution >= 0.6 is 27.3 Å². The van der Waals surface area contributed by atoms with Crippen LogP contribution in [-0.2, 0) is 4.74 Å². The lowest BCUT2D eigenvalue weighted by atomic mass is 10.2. The van der Waals surface area contributed by atoms with Gasteiger partial charge in [-0.25, -0.2) is 0 Å². The van der Waals surface area contributed by atoms with Crippen molar-refractivity contribution >= 4 is 33.2 Å². The second-order valence-corrected chi connectivity index (χ2v) is 6.25. The van der Waals surface area contributed by atoms with Crippen LogP contribution in [0.5, 0.6) is 0 Å². The molecular weight excluding hydrogens is 290 g/mol. The van der Waals surface area contributed by atoms with E-state index in [1.165, 1.54) is 11.3 Å². The highest BCUT2D eigenvalue weighted by Crippen LogP contribution is 2.21. The molecule has 0 aliphatic carbocycles. The van der Waals surface area contributed by atoms with Crippen LogP contribution in [0.25, 0.3) is 0 Å². The van der Waals surface area contributed by atoms with E-state index in [0.717, 1.165) is 34.5 Å². The normalized spacial score (nSPS) is 19.9. The van der Waals surface area contributed by atoms with Crippen LogP contribution in [0.3, 0.4) is 0 Å². The average molecular weight is 304 g/mol. The summed E-state index contributed by atoms with van der Waals surface area (Å²) in [4.78, 5) is 12.4. The first kappa shape index (κ1) is 12.1. The van der Waals surface area contributed by atoms with Gasteiger partial charge in [0.15, 0.2) is 0 Å². The number of ether oxygens (including phenoxy) is 1. The van der Waals surface area contributed by atoms with Gasteiger partial charge in [0.05, 0.1) is 14.8 Å². The van der Waals surface area contributed by atoms with Crippen molar-refractivity contribution < 1.29 is 9.53 Å². The Morgan fingerprint density at radius 2 is 2.50 bits per heavy atom. The zero-order valence-electron chi connectivity index (χ0n) is 8.87. The summed E-state index contributed by atoms with van der Waals surface area (Å²) in [6.45, 7) is 1.56. The Labute approximate surface area is 107 Å². The van der Waals surface area contributed by atoms with Crippen molar-refractivity contribution in [1.82, 2.24) is 5.32 Å². The number of carbonyl (C=O) groups is 1. The summed E-state index contributed by atoms with van der Waals surface area (Å²) in [7, 11) is 0. The van der Waals surface area contributed by atoms with Crippen molar-refractivity contribution in [3.63, 3.8) is 0 Å². The first-order valence-electron chi connectivity index (χ1n) is 5.41. The first-order valence-corrected chi connectivity index (χ1v) is 7.02. The molecule has 1 saturated heterocycles. The summed E-state index contributed by atoms with van der Waals surface area (Å²) >= 11 is 4.79. The molecule has 1 amide bonds. The van der Waals surface area contributed by atoms with Crippen molar-refractivity contribution in [2.45, 2.75) is 25.4 Å². The largest absolute Gasteiger partial charge is 0.378 e. The van der Waals surface area contributed by atoms with E-state index in [0.29, 0.717) is 12.6 Å². The molecule has 1 aromatic heterocycles. The molecular formula is C11H14BrNO2S. The predicted octanol–water partition coefficient (Wildman–Crippen LogP) is 2.81.